The van der Waals surface area contributed by atoms with E-state index in [9.17, 15) is 4.79 Å². The molecule has 2 nitrogen and oxygen atoms in total. The average molecular weight is 345 g/mol. The first kappa shape index (κ1) is 16.0. The van der Waals surface area contributed by atoms with E-state index in [0.717, 1.165) is 16.1 Å². The molecule has 0 spiro atoms. The fourth-order valence-electron chi connectivity index (χ4n) is 3.29. The van der Waals surface area contributed by atoms with Crippen LogP contribution in [0.25, 0.3) is 0 Å². The highest BCUT2D eigenvalue weighted by molar-refractivity contribution is 8.01. The molecule has 1 N–H and O–H groups in total. The van der Waals surface area contributed by atoms with Crippen molar-refractivity contribution in [3.05, 3.63) is 95.6 Å². The Balaban J connectivity index is 1.81. The van der Waals surface area contributed by atoms with E-state index in [-0.39, 0.29) is 5.91 Å². The predicted octanol–water partition coefficient (Wildman–Crippen LogP) is 5.18. The minimum atomic E-state index is -0.646. The van der Waals surface area contributed by atoms with E-state index < -0.39 is 4.75 Å². The molecule has 124 valence electrons. The Bertz CT molecular complexity index is 905. The summed E-state index contributed by atoms with van der Waals surface area (Å²) < 4.78 is -0.646. The van der Waals surface area contributed by atoms with Gasteiger partial charge in [0.1, 0.15) is 4.75 Å². The van der Waals surface area contributed by atoms with E-state index in [1.165, 1.54) is 11.1 Å². The van der Waals surface area contributed by atoms with Crippen LogP contribution in [0.3, 0.4) is 0 Å². The van der Waals surface area contributed by atoms with Crippen LogP contribution in [-0.4, -0.2) is 5.91 Å². The molecule has 1 heterocycles. The zero-order chi connectivity index (χ0) is 17.3. The van der Waals surface area contributed by atoms with Gasteiger partial charge in [-0.05, 0) is 30.7 Å². The first-order chi connectivity index (χ1) is 12.2. The smallest absolute Gasteiger partial charge is 0.245 e. The van der Waals surface area contributed by atoms with Gasteiger partial charge in [-0.25, -0.2) is 0 Å². The summed E-state index contributed by atoms with van der Waals surface area (Å²) in [7, 11) is 0. The van der Waals surface area contributed by atoms with E-state index in [1.54, 1.807) is 11.8 Å². The summed E-state index contributed by atoms with van der Waals surface area (Å²) in [5.41, 5.74) is 4.38. The van der Waals surface area contributed by atoms with Crippen molar-refractivity contribution in [2.75, 3.05) is 5.32 Å². The summed E-state index contributed by atoms with van der Waals surface area (Å²) in [4.78, 5) is 14.2. The fourth-order valence-corrected chi connectivity index (χ4v) is 4.65. The molecule has 1 amide bonds. The summed E-state index contributed by atoms with van der Waals surface area (Å²) in [5.74, 6) is 0.0585. The van der Waals surface area contributed by atoms with Gasteiger partial charge in [0.25, 0.3) is 0 Å². The van der Waals surface area contributed by atoms with E-state index in [0.29, 0.717) is 6.42 Å². The molecule has 0 saturated heterocycles. The normalized spacial score (nSPS) is 18.7. The highest BCUT2D eigenvalue weighted by Gasteiger charge is 2.47. The number of anilines is 1. The van der Waals surface area contributed by atoms with Crippen molar-refractivity contribution < 1.29 is 4.79 Å². The summed E-state index contributed by atoms with van der Waals surface area (Å²) in [6.45, 7) is 2.08. The van der Waals surface area contributed by atoms with E-state index in [2.05, 4.69) is 54.7 Å². The number of hydrogen-bond donors (Lipinski definition) is 1. The summed E-state index contributed by atoms with van der Waals surface area (Å²) in [6, 6.07) is 26.6. The quantitative estimate of drug-likeness (QED) is 0.706. The number of fused-ring (bicyclic) bond motifs is 1. The second kappa shape index (κ2) is 6.41. The van der Waals surface area contributed by atoms with Gasteiger partial charge < -0.3 is 5.32 Å². The van der Waals surface area contributed by atoms with Crippen LogP contribution in [0.1, 0.15) is 16.7 Å². The molecule has 25 heavy (non-hydrogen) atoms. The zero-order valence-electron chi connectivity index (χ0n) is 14.0. The largest absolute Gasteiger partial charge is 0.324 e. The Morgan fingerprint density at radius 2 is 1.56 bits per heavy atom. The molecule has 0 radical (unpaired) electrons. The molecule has 1 aliphatic rings. The molecule has 1 atom stereocenters. The van der Waals surface area contributed by atoms with Crippen LogP contribution in [0.2, 0.25) is 0 Å². The standard InChI is InChI=1S/C22H19NOS/c1-16-11-13-17(14-12-16)15-22(25-18-7-3-2-4-8-18)19-9-5-6-10-20(19)23-21(22)24/h2-14H,15H2,1H3,(H,23,24)/t22-/m1/s1. The number of benzene rings is 3. The number of aryl methyl sites for hydroxylation is 1. The van der Waals surface area contributed by atoms with Crippen molar-refractivity contribution in [2.45, 2.75) is 23.0 Å². The minimum absolute atomic E-state index is 0.0585. The molecule has 0 fully saturated rings. The van der Waals surface area contributed by atoms with Gasteiger partial charge in [0.2, 0.25) is 5.91 Å². The first-order valence-corrected chi connectivity index (χ1v) is 9.20. The SMILES string of the molecule is Cc1ccc(C[C@]2(Sc3ccccc3)C(=O)Nc3ccccc32)cc1. The molecule has 0 aliphatic carbocycles. The van der Waals surface area contributed by atoms with Gasteiger partial charge in [-0.3, -0.25) is 4.79 Å². The molecular formula is C22H19NOS. The maximum atomic E-state index is 13.1. The lowest BCUT2D eigenvalue weighted by Crippen LogP contribution is -2.33. The predicted molar refractivity (Wildman–Crippen MR) is 104 cm³/mol. The number of nitrogens with one attached hydrogen (secondary N) is 1. The second-order valence-corrected chi connectivity index (χ2v) is 7.78. The van der Waals surface area contributed by atoms with Gasteiger partial charge in [0, 0.05) is 22.6 Å². The van der Waals surface area contributed by atoms with Gasteiger partial charge >= 0.3 is 0 Å². The zero-order valence-corrected chi connectivity index (χ0v) is 14.8. The van der Waals surface area contributed by atoms with Crippen LogP contribution in [-0.2, 0) is 16.0 Å². The first-order valence-electron chi connectivity index (χ1n) is 8.38. The maximum absolute atomic E-state index is 13.1. The van der Waals surface area contributed by atoms with Crippen LogP contribution >= 0.6 is 11.8 Å². The van der Waals surface area contributed by atoms with Gasteiger partial charge in [-0.2, -0.15) is 0 Å². The molecular weight excluding hydrogens is 326 g/mol. The number of carbonyl (C=O) groups is 1. The van der Waals surface area contributed by atoms with Gasteiger partial charge in [-0.15, -0.1) is 11.8 Å². The molecule has 0 saturated carbocycles. The van der Waals surface area contributed by atoms with Crippen molar-refractivity contribution in [3.8, 4) is 0 Å². The third-order valence-electron chi connectivity index (χ3n) is 4.59. The molecule has 0 aromatic heterocycles. The number of carbonyl (C=O) groups excluding carboxylic acids is 1. The van der Waals surface area contributed by atoms with Crippen molar-refractivity contribution in [1.29, 1.82) is 0 Å². The van der Waals surface area contributed by atoms with Crippen LogP contribution in [0, 0.1) is 6.92 Å². The average Bonchev–Trinajstić information content (AvgIpc) is 2.90. The van der Waals surface area contributed by atoms with Gasteiger partial charge in [-0.1, -0.05) is 66.2 Å². The third-order valence-corrected chi connectivity index (χ3v) is 5.99. The molecule has 0 unspecified atom stereocenters. The topological polar surface area (TPSA) is 29.1 Å². The Hall–Kier alpha value is -2.52. The van der Waals surface area contributed by atoms with Crippen LogP contribution in [0.4, 0.5) is 5.69 Å². The van der Waals surface area contributed by atoms with Crippen molar-refractivity contribution in [1.82, 2.24) is 0 Å². The van der Waals surface area contributed by atoms with Crippen LogP contribution < -0.4 is 5.32 Å². The monoisotopic (exact) mass is 345 g/mol. The van der Waals surface area contributed by atoms with Crippen molar-refractivity contribution >= 4 is 23.4 Å². The van der Waals surface area contributed by atoms with E-state index >= 15 is 0 Å². The Morgan fingerprint density at radius 3 is 2.32 bits per heavy atom. The second-order valence-electron chi connectivity index (χ2n) is 6.40. The van der Waals surface area contributed by atoms with Crippen molar-refractivity contribution in [2.24, 2.45) is 0 Å². The van der Waals surface area contributed by atoms with Crippen LogP contribution in [0.5, 0.6) is 0 Å². The van der Waals surface area contributed by atoms with Gasteiger partial charge in [0.15, 0.2) is 0 Å². The van der Waals surface area contributed by atoms with Crippen LogP contribution in [0.15, 0.2) is 83.8 Å². The summed E-state index contributed by atoms with van der Waals surface area (Å²) in [5, 5.41) is 3.08. The molecule has 3 aromatic rings. The lowest BCUT2D eigenvalue weighted by molar-refractivity contribution is -0.118. The highest BCUT2D eigenvalue weighted by Crippen LogP contribution is 2.50. The Morgan fingerprint density at radius 1 is 0.880 bits per heavy atom. The number of amides is 1. The maximum Gasteiger partial charge on any atom is 0.245 e. The lowest BCUT2D eigenvalue weighted by Gasteiger charge is -2.27. The third kappa shape index (κ3) is 2.96. The highest BCUT2D eigenvalue weighted by atomic mass is 32.2. The van der Waals surface area contributed by atoms with Gasteiger partial charge in [0.05, 0.1) is 0 Å². The molecule has 1 aliphatic heterocycles. The minimum Gasteiger partial charge on any atom is -0.324 e. The number of para-hydroxylation sites is 1. The summed E-state index contributed by atoms with van der Waals surface area (Å²) in [6.07, 6.45) is 0.662. The Labute approximate surface area is 152 Å². The summed E-state index contributed by atoms with van der Waals surface area (Å²) >= 11 is 1.64. The molecule has 3 heteroatoms. The number of hydrogen-bond acceptors (Lipinski definition) is 2. The Kier molecular flexibility index (Phi) is 4.10. The van der Waals surface area contributed by atoms with E-state index in [4.69, 9.17) is 0 Å². The number of rotatable bonds is 4. The number of thioether (sulfide) groups is 1. The fraction of sp³-hybridized carbons (Fsp3) is 0.136. The van der Waals surface area contributed by atoms with E-state index in [1.807, 2.05) is 36.4 Å². The lowest BCUT2D eigenvalue weighted by atomic mass is 9.92. The molecule has 0 bridgehead atoms. The molecule has 3 aromatic carbocycles. The van der Waals surface area contributed by atoms with Crippen molar-refractivity contribution in [3.63, 3.8) is 0 Å². The molecule has 4 rings (SSSR count).